The summed E-state index contributed by atoms with van der Waals surface area (Å²) in [6, 6.07) is 10.5. The number of hydrogen-bond donors (Lipinski definition) is 2. The van der Waals surface area contributed by atoms with E-state index in [2.05, 4.69) is 29.6 Å². The van der Waals surface area contributed by atoms with Crippen molar-refractivity contribution < 1.29 is 9.90 Å². The zero-order chi connectivity index (χ0) is 21.2. The highest BCUT2D eigenvalue weighted by Gasteiger charge is 2.29. The predicted octanol–water partition coefficient (Wildman–Crippen LogP) is 5.58. The lowest BCUT2D eigenvalue weighted by atomic mass is 9.81. The third-order valence-electron chi connectivity index (χ3n) is 6.82. The minimum atomic E-state index is -0.663. The van der Waals surface area contributed by atoms with E-state index in [4.69, 9.17) is 9.97 Å². The van der Waals surface area contributed by atoms with Crippen molar-refractivity contribution in [1.82, 2.24) is 9.97 Å². The van der Waals surface area contributed by atoms with E-state index in [1.54, 1.807) is 0 Å². The van der Waals surface area contributed by atoms with Gasteiger partial charge in [0.25, 0.3) is 0 Å². The molecule has 6 heteroatoms. The molecule has 0 radical (unpaired) electrons. The highest BCUT2D eigenvalue weighted by atomic mass is 32.1. The lowest BCUT2D eigenvalue weighted by Gasteiger charge is -2.25. The van der Waals surface area contributed by atoms with Crippen LogP contribution in [0.5, 0.6) is 0 Å². The third kappa shape index (κ3) is 4.31. The van der Waals surface area contributed by atoms with E-state index in [1.807, 2.05) is 17.4 Å². The highest BCUT2D eigenvalue weighted by Crippen LogP contribution is 2.41. The minimum Gasteiger partial charge on any atom is -0.481 e. The van der Waals surface area contributed by atoms with Gasteiger partial charge in [-0.1, -0.05) is 30.3 Å². The summed E-state index contributed by atoms with van der Waals surface area (Å²) in [7, 11) is 0. The molecule has 1 aromatic carbocycles. The van der Waals surface area contributed by atoms with Crippen LogP contribution in [0.4, 0.5) is 5.82 Å². The molecule has 0 bridgehead atoms. The van der Waals surface area contributed by atoms with Crippen LogP contribution in [0.2, 0.25) is 0 Å². The maximum Gasteiger partial charge on any atom is 0.306 e. The van der Waals surface area contributed by atoms with Crippen LogP contribution < -0.4 is 5.32 Å². The molecule has 31 heavy (non-hydrogen) atoms. The molecule has 5 rings (SSSR count). The normalized spacial score (nSPS) is 21.0. The van der Waals surface area contributed by atoms with E-state index in [-0.39, 0.29) is 11.8 Å². The summed E-state index contributed by atoms with van der Waals surface area (Å²) in [5, 5.41) is 14.2. The van der Waals surface area contributed by atoms with E-state index in [1.165, 1.54) is 34.2 Å². The maximum absolute atomic E-state index is 11.3. The van der Waals surface area contributed by atoms with Crippen LogP contribution in [0.25, 0.3) is 10.2 Å². The zero-order valence-electron chi connectivity index (χ0n) is 17.8. The van der Waals surface area contributed by atoms with Gasteiger partial charge >= 0.3 is 5.97 Å². The first kappa shape index (κ1) is 20.4. The van der Waals surface area contributed by atoms with Crippen molar-refractivity contribution in [2.24, 2.45) is 5.92 Å². The van der Waals surface area contributed by atoms with Crippen molar-refractivity contribution in [2.45, 2.75) is 63.7 Å². The third-order valence-corrected chi connectivity index (χ3v) is 8.01. The van der Waals surface area contributed by atoms with E-state index >= 15 is 0 Å². The molecule has 0 aliphatic heterocycles. The van der Waals surface area contributed by atoms with Crippen LogP contribution in [-0.4, -0.2) is 27.6 Å². The zero-order valence-corrected chi connectivity index (χ0v) is 18.6. The number of carboxylic acid groups (broad SMARTS) is 1. The van der Waals surface area contributed by atoms with Crippen LogP contribution in [0.3, 0.4) is 0 Å². The van der Waals surface area contributed by atoms with Crippen molar-refractivity contribution in [2.75, 3.05) is 11.9 Å². The molecule has 2 aromatic heterocycles. The predicted molar refractivity (Wildman–Crippen MR) is 125 cm³/mol. The molecule has 0 atom stereocenters. The smallest absolute Gasteiger partial charge is 0.306 e. The Morgan fingerprint density at radius 1 is 1.06 bits per heavy atom. The molecule has 5 nitrogen and oxygen atoms in total. The Morgan fingerprint density at radius 2 is 1.84 bits per heavy atom. The molecule has 3 aromatic rings. The molecule has 0 amide bonds. The first-order valence-electron chi connectivity index (χ1n) is 11.5. The standard InChI is InChI=1S/C25H29N3O2S/c29-25(30)18-12-10-17(11-13-18)22-27-23(26-15-14-16-6-2-1-3-7-16)21-19-8-4-5-9-20(19)31-24(21)28-22/h1-3,6-7,17-18H,4-5,8-15H2,(H,29,30)(H,26,27,28). The lowest BCUT2D eigenvalue weighted by Crippen LogP contribution is -2.21. The molecule has 2 N–H and O–H groups in total. The second kappa shape index (κ2) is 8.95. The molecular weight excluding hydrogens is 406 g/mol. The number of fused-ring (bicyclic) bond motifs is 3. The number of carboxylic acids is 1. The number of rotatable bonds is 6. The van der Waals surface area contributed by atoms with Gasteiger partial charge < -0.3 is 10.4 Å². The van der Waals surface area contributed by atoms with Crippen LogP contribution in [0, 0.1) is 5.92 Å². The topological polar surface area (TPSA) is 75.1 Å². The van der Waals surface area contributed by atoms with Gasteiger partial charge in [0.15, 0.2) is 0 Å². The van der Waals surface area contributed by atoms with Gasteiger partial charge in [0, 0.05) is 17.3 Å². The molecule has 2 aliphatic carbocycles. The molecule has 0 unspecified atom stereocenters. The summed E-state index contributed by atoms with van der Waals surface area (Å²) in [5.74, 6) is 1.27. The Bertz CT molecular complexity index is 1070. The Morgan fingerprint density at radius 3 is 2.61 bits per heavy atom. The summed E-state index contributed by atoms with van der Waals surface area (Å²) in [6.45, 7) is 0.839. The molecule has 1 saturated carbocycles. The molecule has 2 aliphatic rings. The van der Waals surface area contributed by atoms with E-state index in [0.29, 0.717) is 0 Å². The summed E-state index contributed by atoms with van der Waals surface area (Å²) in [6.07, 6.45) is 8.89. The minimum absolute atomic E-state index is 0.211. The molecule has 2 heterocycles. The monoisotopic (exact) mass is 435 g/mol. The van der Waals surface area contributed by atoms with Crippen molar-refractivity contribution in [3.8, 4) is 0 Å². The quantitative estimate of drug-likeness (QED) is 0.528. The summed E-state index contributed by atoms with van der Waals surface area (Å²) in [4.78, 5) is 24.0. The second-order valence-electron chi connectivity index (χ2n) is 8.87. The average molecular weight is 436 g/mol. The van der Waals surface area contributed by atoms with Crippen LogP contribution in [0.15, 0.2) is 30.3 Å². The summed E-state index contributed by atoms with van der Waals surface area (Å²) < 4.78 is 0. The van der Waals surface area contributed by atoms with Gasteiger partial charge in [0.2, 0.25) is 0 Å². The highest BCUT2D eigenvalue weighted by molar-refractivity contribution is 7.19. The Kier molecular flexibility index (Phi) is 5.90. The Labute approximate surface area is 186 Å². The number of nitrogens with zero attached hydrogens (tertiary/aromatic N) is 2. The lowest BCUT2D eigenvalue weighted by molar-refractivity contribution is -0.142. The maximum atomic E-state index is 11.3. The van der Waals surface area contributed by atoms with E-state index in [0.717, 1.165) is 68.0 Å². The molecule has 0 saturated heterocycles. The molecular formula is C25H29N3O2S. The van der Waals surface area contributed by atoms with Crippen LogP contribution in [0.1, 0.15) is 66.3 Å². The summed E-state index contributed by atoms with van der Waals surface area (Å²) >= 11 is 1.84. The van der Waals surface area contributed by atoms with Crippen LogP contribution in [-0.2, 0) is 24.1 Å². The van der Waals surface area contributed by atoms with Crippen molar-refractivity contribution in [3.05, 3.63) is 52.2 Å². The van der Waals surface area contributed by atoms with Gasteiger partial charge in [-0.25, -0.2) is 9.97 Å². The molecule has 0 spiro atoms. The van der Waals surface area contributed by atoms with Gasteiger partial charge in [0.1, 0.15) is 16.5 Å². The second-order valence-corrected chi connectivity index (χ2v) is 9.95. The molecule has 1 fully saturated rings. The number of aromatic nitrogens is 2. The van der Waals surface area contributed by atoms with E-state index in [9.17, 15) is 9.90 Å². The SMILES string of the molecule is O=C(O)C1CCC(c2nc(NCCc3ccccc3)c3c4c(sc3n2)CCCC4)CC1. The van der Waals surface area contributed by atoms with Gasteiger partial charge in [-0.2, -0.15) is 0 Å². The number of thiophene rings is 1. The fourth-order valence-electron chi connectivity index (χ4n) is 5.05. The fraction of sp³-hybridized carbons (Fsp3) is 0.480. The van der Waals surface area contributed by atoms with Gasteiger partial charge in [-0.05, 0) is 68.9 Å². The Hall–Kier alpha value is -2.47. The average Bonchev–Trinajstić information content (AvgIpc) is 3.18. The number of aliphatic carboxylic acids is 1. The number of aryl methyl sites for hydroxylation is 2. The first-order valence-corrected chi connectivity index (χ1v) is 12.3. The van der Waals surface area contributed by atoms with Crippen molar-refractivity contribution in [3.63, 3.8) is 0 Å². The summed E-state index contributed by atoms with van der Waals surface area (Å²) in [5.41, 5.74) is 2.77. The van der Waals surface area contributed by atoms with Crippen molar-refractivity contribution >= 4 is 33.3 Å². The number of benzene rings is 1. The number of hydrogen-bond acceptors (Lipinski definition) is 5. The van der Waals surface area contributed by atoms with Gasteiger partial charge in [0.05, 0.1) is 11.3 Å². The van der Waals surface area contributed by atoms with E-state index < -0.39 is 5.97 Å². The Balaban J connectivity index is 1.43. The number of carbonyl (C=O) groups is 1. The number of nitrogens with one attached hydrogen (secondary N) is 1. The van der Waals surface area contributed by atoms with Crippen LogP contribution >= 0.6 is 11.3 Å². The largest absolute Gasteiger partial charge is 0.481 e. The van der Waals surface area contributed by atoms with Gasteiger partial charge in [-0.15, -0.1) is 11.3 Å². The fourth-order valence-corrected chi connectivity index (χ4v) is 6.32. The molecule has 162 valence electrons. The first-order chi connectivity index (χ1) is 15.2. The number of anilines is 1. The van der Waals surface area contributed by atoms with Gasteiger partial charge in [-0.3, -0.25) is 4.79 Å². The van der Waals surface area contributed by atoms with Crippen molar-refractivity contribution in [1.29, 1.82) is 0 Å².